The van der Waals surface area contributed by atoms with Crippen LogP contribution in [0.2, 0.25) is 0 Å². The number of aliphatic hydroxyl groups excluding tert-OH is 2. The van der Waals surface area contributed by atoms with Gasteiger partial charge in [-0.1, -0.05) is 0 Å². The average Bonchev–Trinajstić information content (AvgIpc) is 2.16. The molecule has 2 N–H and O–H groups in total. The maximum absolute atomic E-state index is 9.03. The molecule has 0 spiro atoms. The fraction of sp³-hybridized carbons (Fsp3) is 0.375. The van der Waals surface area contributed by atoms with Crippen molar-refractivity contribution in [2.75, 3.05) is 12.4 Å². The predicted octanol–water partition coefficient (Wildman–Crippen LogP) is 0.527. The van der Waals surface area contributed by atoms with E-state index in [2.05, 4.69) is 4.98 Å². The fourth-order valence-corrected chi connectivity index (χ4v) is 1.48. The quantitative estimate of drug-likeness (QED) is 0.672. The van der Waals surface area contributed by atoms with Gasteiger partial charge in [-0.2, -0.15) is 0 Å². The van der Waals surface area contributed by atoms with Crippen LogP contribution in [0.15, 0.2) is 29.4 Å². The molecule has 4 heteroatoms. The Balaban J connectivity index is 2.33. The van der Waals surface area contributed by atoms with E-state index in [-0.39, 0.29) is 6.61 Å². The van der Waals surface area contributed by atoms with Crippen LogP contribution in [0.4, 0.5) is 0 Å². The SMILES string of the molecule is OCC(O)CSc1ccncc1. The predicted molar refractivity (Wildman–Crippen MR) is 48.1 cm³/mol. The molecular formula is C8H11NO2S. The van der Waals surface area contributed by atoms with Gasteiger partial charge in [0.25, 0.3) is 0 Å². The van der Waals surface area contributed by atoms with Crippen LogP contribution in [0.5, 0.6) is 0 Å². The van der Waals surface area contributed by atoms with Crippen LogP contribution in [0, 0.1) is 0 Å². The highest BCUT2D eigenvalue weighted by molar-refractivity contribution is 7.99. The Morgan fingerprint density at radius 3 is 2.67 bits per heavy atom. The average molecular weight is 185 g/mol. The molecule has 0 saturated carbocycles. The van der Waals surface area contributed by atoms with Crippen LogP contribution in [-0.4, -0.2) is 33.7 Å². The summed E-state index contributed by atoms with van der Waals surface area (Å²) in [6.07, 6.45) is 2.77. The Morgan fingerprint density at radius 1 is 1.42 bits per heavy atom. The van der Waals surface area contributed by atoms with Crippen molar-refractivity contribution in [1.29, 1.82) is 0 Å². The maximum atomic E-state index is 9.03. The van der Waals surface area contributed by atoms with Crippen LogP contribution in [0.1, 0.15) is 0 Å². The van der Waals surface area contributed by atoms with E-state index in [1.165, 1.54) is 11.8 Å². The second-order valence-electron chi connectivity index (χ2n) is 2.33. The van der Waals surface area contributed by atoms with Gasteiger partial charge >= 0.3 is 0 Å². The first-order chi connectivity index (χ1) is 5.83. The summed E-state index contributed by atoms with van der Waals surface area (Å²) in [7, 11) is 0. The van der Waals surface area contributed by atoms with E-state index in [0.29, 0.717) is 5.75 Å². The van der Waals surface area contributed by atoms with Gasteiger partial charge in [-0.15, -0.1) is 11.8 Å². The highest BCUT2D eigenvalue weighted by Crippen LogP contribution is 2.16. The number of aromatic nitrogens is 1. The molecule has 1 rings (SSSR count). The van der Waals surface area contributed by atoms with Crippen molar-refractivity contribution in [3.63, 3.8) is 0 Å². The minimum atomic E-state index is -0.636. The molecule has 0 radical (unpaired) electrons. The lowest BCUT2D eigenvalue weighted by molar-refractivity contribution is 0.113. The maximum Gasteiger partial charge on any atom is 0.0864 e. The lowest BCUT2D eigenvalue weighted by atomic mass is 10.4. The van der Waals surface area contributed by atoms with Gasteiger partial charge in [-0.25, -0.2) is 0 Å². The zero-order valence-electron chi connectivity index (χ0n) is 6.55. The number of hydrogen-bond donors (Lipinski definition) is 2. The number of thioether (sulfide) groups is 1. The van der Waals surface area contributed by atoms with Crippen LogP contribution in [0.3, 0.4) is 0 Å². The summed E-state index contributed by atoms with van der Waals surface area (Å²) in [5.41, 5.74) is 0. The third kappa shape index (κ3) is 3.21. The topological polar surface area (TPSA) is 53.4 Å². The summed E-state index contributed by atoms with van der Waals surface area (Å²) in [5, 5.41) is 17.6. The van der Waals surface area contributed by atoms with E-state index in [1.807, 2.05) is 12.1 Å². The van der Waals surface area contributed by atoms with Crippen molar-refractivity contribution in [2.45, 2.75) is 11.0 Å². The highest BCUT2D eigenvalue weighted by Gasteiger charge is 2.01. The monoisotopic (exact) mass is 185 g/mol. The number of nitrogens with zero attached hydrogens (tertiary/aromatic N) is 1. The molecule has 1 atom stereocenters. The van der Waals surface area contributed by atoms with Crippen LogP contribution >= 0.6 is 11.8 Å². The van der Waals surface area contributed by atoms with Gasteiger partial charge in [0.05, 0.1) is 12.7 Å². The van der Waals surface area contributed by atoms with Crippen molar-refractivity contribution in [3.8, 4) is 0 Å². The Hall–Kier alpha value is -0.580. The number of aliphatic hydroxyl groups is 2. The summed E-state index contributed by atoms with van der Waals surface area (Å²) < 4.78 is 0. The van der Waals surface area contributed by atoms with Gasteiger partial charge in [0.2, 0.25) is 0 Å². The standard InChI is InChI=1S/C8H11NO2S/c10-5-7(11)6-12-8-1-3-9-4-2-8/h1-4,7,10-11H,5-6H2. The molecule has 12 heavy (non-hydrogen) atoms. The van der Waals surface area contributed by atoms with Crippen molar-refractivity contribution in [3.05, 3.63) is 24.5 Å². The lowest BCUT2D eigenvalue weighted by Gasteiger charge is -2.05. The molecule has 0 aliphatic rings. The smallest absolute Gasteiger partial charge is 0.0864 e. The Bertz CT molecular complexity index is 218. The first kappa shape index (κ1) is 9.51. The Labute approximate surface area is 75.5 Å². The van der Waals surface area contributed by atoms with Crippen molar-refractivity contribution in [1.82, 2.24) is 4.98 Å². The molecule has 0 aliphatic heterocycles. The molecule has 1 aromatic heterocycles. The zero-order chi connectivity index (χ0) is 8.81. The fourth-order valence-electron chi connectivity index (χ4n) is 0.680. The van der Waals surface area contributed by atoms with Crippen LogP contribution in [-0.2, 0) is 0 Å². The summed E-state index contributed by atoms with van der Waals surface area (Å²) in [4.78, 5) is 4.92. The molecule has 1 unspecified atom stereocenters. The zero-order valence-corrected chi connectivity index (χ0v) is 7.37. The van der Waals surface area contributed by atoms with Crippen molar-refractivity contribution < 1.29 is 10.2 Å². The minimum Gasteiger partial charge on any atom is -0.394 e. The largest absolute Gasteiger partial charge is 0.394 e. The van der Waals surface area contributed by atoms with Crippen molar-refractivity contribution >= 4 is 11.8 Å². The van der Waals surface area contributed by atoms with E-state index in [9.17, 15) is 0 Å². The lowest BCUT2D eigenvalue weighted by Crippen LogP contribution is -2.14. The van der Waals surface area contributed by atoms with Crippen LogP contribution in [0.25, 0.3) is 0 Å². The van der Waals surface area contributed by atoms with E-state index in [4.69, 9.17) is 10.2 Å². The third-order valence-electron chi connectivity index (χ3n) is 1.30. The molecule has 0 bridgehead atoms. The van der Waals surface area contributed by atoms with E-state index in [0.717, 1.165) is 4.90 Å². The van der Waals surface area contributed by atoms with Gasteiger partial charge in [0.15, 0.2) is 0 Å². The van der Waals surface area contributed by atoms with Gasteiger partial charge < -0.3 is 10.2 Å². The second kappa shape index (κ2) is 5.13. The normalized spacial score (nSPS) is 12.8. The summed E-state index contributed by atoms with van der Waals surface area (Å²) >= 11 is 1.50. The second-order valence-corrected chi connectivity index (χ2v) is 3.42. The number of hydrogen-bond acceptors (Lipinski definition) is 4. The minimum absolute atomic E-state index is 0.182. The van der Waals surface area contributed by atoms with Crippen LogP contribution < -0.4 is 0 Å². The summed E-state index contributed by atoms with van der Waals surface area (Å²) in [5.74, 6) is 0.514. The summed E-state index contributed by atoms with van der Waals surface area (Å²) in [6, 6.07) is 3.74. The molecule has 0 amide bonds. The van der Waals surface area contributed by atoms with Gasteiger partial charge in [-0.05, 0) is 12.1 Å². The Morgan fingerprint density at radius 2 is 2.08 bits per heavy atom. The van der Waals surface area contributed by atoms with Gasteiger partial charge in [-0.3, -0.25) is 4.98 Å². The van der Waals surface area contributed by atoms with E-state index in [1.54, 1.807) is 12.4 Å². The highest BCUT2D eigenvalue weighted by atomic mass is 32.2. The first-order valence-corrected chi connectivity index (χ1v) is 4.63. The number of pyridine rings is 1. The van der Waals surface area contributed by atoms with Gasteiger partial charge in [0, 0.05) is 23.0 Å². The molecule has 0 fully saturated rings. The molecular weight excluding hydrogens is 174 g/mol. The molecule has 66 valence electrons. The molecule has 1 aromatic rings. The molecule has 0 aliphatic carbocycles. The molecule has 0 saturated heterocycles. The summed E-state index contributed by atoms with van der Waals surface area (Å²) in [6.45, 7) is -0.182. The van der Waals surface area contributed by atoms with E-state index >= 15 is 0 Å². The molecule has 0 aromatic carbocycles. The van der Waals surface area contributed by atoms with E-state index < -0.39 is 6.10 Å². The molecule has 3 nitrogen and oxygen atoms in total. The van der Waals surface area contributed by atoms with Crippen molar-refractivity contribution in [2.24, 2.45) is 0 Å². The third-order valence-corrected chi connectivity index (χ3v) is 2.46. The Kier molecular flexibility index (Phi) is 4.07. The number of rotatable bonds is 4. The van der Waals surface area contributed by atoms with Gasteiger partial charge in [0.1, 0.15) is 0 Å². The first-order valence-electron chi connectivity index (χ1n) is 3.64. The molecule has 1 heterocycles.